The maximum absolute atomic E-state index is 12.6. The predicted molar refractivity (Wildman–Crippen MR) is 68.4 cm³/mol. The van der Waals surface area contributed by atoms with Crippen molar-refractivity contribution in [2.45, 2.75) is 31.1 Å². The molecule has 19 heavy (non-hydrogen) atoms. The van der Waals surface area contributed by atoms with Gasteiger partial charge in [0.2, 0.25) is 11.8 Å². The molecule has 0 bridgehead atoms. The average Bonchev–Trinajstić information content (AvgIpc) is 2.90. The van der Waals surface area contributed by atoms with E-state index in [1.54, 1.807) is 0 Å². The van der Waals surface area contributed by atoms with Gasteiger partial charge in [0.15, 0.2) is 0 Å². The first-order valence-electron chi connectivity index (χ1n) is 6.68. The molecule has 2 amide bonds. The maximum Gasteiger partial charge on any atom is 0.240 e. The van der Waals surface area contributed by atoms with Crippen molar-refractivity contribution in [1.29, 1.82) is 0 Å². The van der Waals surface area contributed by atoms with Crippen LogP contribution in [-0.2, 0) is 21.4 Å². The molecular weight excluding hydrogens is 245 g/mol. The van der Waals surface area contributed by atoms with E-state index in [2.05, 4.69) is 0 Å². The highest BCUT2D eigenvalue weighted by Crippen LogP contribution is 2.46. The lowest BCUT2D eigenvalue weighted by Crippen LogP contribution is -2.37. The summed E-state index contributed by atoms with van der Waals surface area (Å²) in [7, 11) is 0. The number of alkyl halides is 1. The summed E-state index contributed by atoms with van der Waals surface area (Å²) in [6, 6.07) is 7.84. The van der Waals surface area contributed by atoms with Crippen molar-refractivity contribution in [3.05, 3.63) is 35.4 Å². The van der Waals surface area contributed by atoms with Gasteiger partial charge in [0.1, 0.15) is 0 Å². The Kier molecular flexibility index (Phi) is 2.88. The van der Waals surface area contributed by atoms with Gasteiger partial charge in [-0.3, -0.25) is 18.9 Å². The van der Waals surface area contributed by atoms with Crippen LogP contribution in [0, 0.1) is 0 Å². The fourth-order valence-corrected chi connectivity index (χ4v) is 3.34. The van der Waals surface area contributed by atoms with Crippen molar-refractivity contribution in [1.82, 2.24) is 4.90 Å². The van der Waals surface area contributed by atoms with Gasteiger partial charge in [-0.25, -0.2) is 0 Å². The first-order chi connectivity index (χ1) is 9.19. The Morgan fingerprint density at radius 1 is 1.26 bits per heavy atom. The monoisotopic (exact) mass is 261 g/mol. The summed E-state index contributed by atoms with van der Waals surface area (Å²) in [6.45, 7) is -0.293. The molecule has 3 rings (SSSR count). The molecule has 1 spiro atoms. The highest BCUT2D eigenvalue weighted by atomic mass is 19.1. The van der Waals surface area contributed by atoms with Crippen LogP contribution in [0.2, 0.25) is 0 Å². The number of carbonyl (C=O) groups is 2. The van der Waals surface area contributed by atoms with Crippen LogP contribution in [0.4, 0.5) is 4.39 Å². The van der Waals surface area contributed by atoms with Gasteiger partial charge in [0, 0.05) is 13.0 Å². The molecule has 1 aliphatic carbocycles. The number of aryl methyl sites for hydroxylation is 1. The quantitative estimate of drug-likeness (QED) is 0.780. The molecule has 1 heterocycles. The van der Waals surface area contributed by atoms with E-state index in [1.807, 2.05) is 24.3 Å². The zero-order chi connectivity index (χ0) is 13.5. The smallest absolute Gasteiger partial charge is 0.240 e. The molecule has 1 aliphatic heterocycles. The van der Waals surface area contributed by atoms with Crippen LogP contribution in [0.15, 0.2) is 24.3 Å². The van der Waals surface area contributed by atoms with Gasteiger partial charge in [-0.05, 0) is 30.4 Å². The minimum absolute atomic E-state index is 0.129. The van der Waals surface area contributed by atoms with E-state index in [0.29, 0.717) is 6.42 Å². The molecule has 2 aliphatic rings. The molecule has 3 nitrogen and oxygen atoms in total. The van der Waals surface area contributed by atoms with E-state index in [1.165, 1.54) is 4.90 Å². The molecule has 1 aromatic carbocycles. The van der Waals surface area contributed by atoms with Gasteiger partial charge < -0.3 is 0 Å². The number of imide groups is 1. The molecule has 1 atom stereocenters. The Labute approximate surface area is 111 Å². The second kappa shape index (κ2) is 4.44. The van der Waals surface area contributed by atoms with E-state index in [4.69, 9.17) is 0 Å². The number of halogens is 1. The Balaban J connectivity index is 1.95. The largest absolute Gasteiger partial charge is 0.282 e. The zero-order valence-corrected chi connectivity index (χ0v) is 10.7. The SMILES string of the molecule is O=C1C[C@@]2(CCc3ccccc32)C(=O)N1CCCF. The maximum atomic E-state index is 12.6. The molecule has 4 heteroatoms. The van der Waals surface area contributed by atoms with Crippen molar-refractivity contribution < 1.29 is 14.0 Å². The summed E-state index contributed by atoms with van der Waals surface area (Å²) in [6.07, 6.45) is 2.01. The number of rotatable bonds is 3. The Hall–Kier alpha value is -1.71. The van der Waals surface area contributed by atoms with Crippen LogP contribution >= 0.6 is 0 Å². The predicted octanol–water partition coefficient (Wildman–Crippen LogP) is 1.99. The van der Waals surface area contributed by atoms with E-state index < -0.39 is 12.1 Å². The van der Waals surface area contributed by atoms with E-state index >= 15 is 0 Å². The van der Waals surface area contributed by atoms with E-state index in [0.717, 1.165) is 17.5 Å². The van der Waals surface area contributed by atoms with Crippen LogP contribution in [0.5, 0.6) is 0 Å². The standard InChI is InChI=1S/C15H16FNO2/c16-8-3-9-17-13(18)10-15(14(17)19)7-6-11-4-1-2-5-12(11)15/h1-2,4-5H,3,6-10H2/t15-/m1/s1. The Bertz CT molecular complexity index is 543. The van der Waals surface area contributed by atoms with Gasteiger partial charge >= 0.3 is 0 Å². The summed E-state index contributed by atoms with van der Waals surface area (Å²) in [5.74, 6) is -0.286. The molecule has 0 N–H and O–H groups in total. The summed E-state index contributed by atoms with van der Waals surface area (Å²) >= 11 is 0. The number of nitrogens with zero attached hydrogens (tertiary/aromatic N) is 1. The van der Waals surface area contributed by atoms with Crippen molar-refractivity contribution in [3.63, 3.8) is 0 Å². The lowest BCUT2D eigenvalue weighted by atomic mass is 9.80. The van der Waals surface area contributed by atoms with Gasteiger partial charge in [-0.2, -0.15) is 0 Å². The van der Waals surface area contributed by atoms with Crippen molar-refractivity contribution in [2.24, 2.45) is 0 Å². The number of fused-ring (bicyclic) bond motifs is 2. The summed E-state index contributed by atoms with van der Waals surface area (Å²) in [5, 5.41) is 0. The van der Waals surface area contributed by atoms with Crippen LogP contribution in [0.1, 0.15) is 30.4 Å². The first kappa shape index (κ1) is 12.3. The molecule has 1 fully saturated rings. The van der Waals surface area contributed by atoms with E-state index in [9.17, 15) is 14.0 Å². The van der Waals surface area contributed by atoms with Gasteiger partial charge in [0.25, 0.3) is 0 Å². The van der Waals surface area contributed by atoms with Crippen LogP contribution in [0.25, 0.3) is 0 Å². The second-order valence-corrected chi connectivity index (χ2v) is 5.31. The fourth-order valence-electron chi connectivity index (χ4n) is 3.34. The van der Waals surface area contributed by atoms with Gasteiger partial charge in [0.05, 0.1) is 12.1 Å². The van der Waals surface area contributed by atoms with Crippen LogP contribution < -0.4 is 0 Å². The summed E-state index contributed by atoms with van der Waals surface area (Å²) in [4.78, 5) is 25.9. The highest BCUT2D eigenvalue weighted by Gasteiger charge is 2.54. The number of benzene rings is 1. The topological polar surface area (TPSA) is 37.4 Å². The average molecular weight is 261 g/mol. The lowest BCUT2D eigenvalue weighted by Gasteiger charge is -2.22. The number of hydrogen-bond acceptors (Lipinski definition) is 2. The summed E-state index contributed by atoms with van der Waals surface area (Å²) in [5.41, 5.74) is 1.50. The molecule has 0 radical (unpaired) electrons. The number of likely N-dealkylation sites (tertiary alicyclic amines) is 1. The molecule has 0 unspecified atom stereocenters. The van der Waals surface area contributed by atoms with E-state index in [-0.39, 0.29) is 31.2 Å². The molecular formula is C15H16FNO2. The first-order valence-corrected chi connectivity index (χ1v) is 6.68. The summed E-state index contributed by atoms with van der Waals surface area (Å²) < 4.78 is 12.3. The highest BCUT2D eigenvalue weighted by molar-refractivity contribution is 6.09. The third-order valence-electron chi connectivity index (χ3n) is 4.28. The minimum atomic E-state index is -0.663. The van der Waals surface area contributed by atoms with Gasteiger partial charge in [-0.1, -0.05) is 24.3 Å². The van der Waals surface area contributed by atoms with Crippen LogP contribution in [-0.4, -0.2) is 29.9 Å². The third kappa shape index (κ3) is 1.70. The minimum Gasteiger partial charge on any atom is -0.282 e. The molecule has 100 valence electrons. The molecule has 0 aromatic heterocycles. The number of carbonyl (C=O) groups excluding carboxylic acids is 2. The third-order valence-corrected chi connectivity index (χ3v) is 4.28. The Morgan fingerprint density at radius 2 is 2.05 bits per heavy atom. The second-order valence-electron chi connectivity index (χ2n) is 5.31. The molecule has 1 aromatic rings. The van der Waals surface area contributed by atoms with Gasteiger partial charge in [-0.15, -0.1) is 0 Å². The fraction of sp³-hybridized carbons (Fsp3) is 0.467. The zero-order valence-electron chi connectivity index (χ0n) is 10.7. The number of hydrogen-bond donors (Lipinski definition) is 0. The Morgan fingerprint density at radius 3 is 2.84 bits per heavy atom. The van der Waals surface area contributed by atoms with Crippen molar-refractivity contribution in [3.8, 4) is 0 Å². The molecule has 0 saturated carbocycles. The lowest BCUT2D eigenvalue weighted by molar-refractivity contribution is -0.140. The van der Waals surface area contributed by atoms with Crippen molar-refractivity contribution >= 4 is 11.8 Å². The molecule has 1 saturated heterocycles. The van der Waals surface area contributed by atoms with Crippen molar-refractivity contribution in [2.75, 3.05) is 13.2 Å². The number of amides is 2. The normalized spacial score (nSPS) is 25.4. The van der Waals surface area contributed by atoms with Crippen LogP contribution in [0.3, 0.4) is 0 Å².